The SMILES string of the molecule is CC(=O)N[C@@H]1[C@@H](O)C[C@](OCCCSCCNC(=O)c2ccc(C(=O)NCCSCCCO[C@]3(C(=O)O)C[C@H](O)[C@@H](NC(C)=O)[C@H](C(O)[C@H](O)CNC(=O)Cc4ccc5ccccc5c4)O3)cc2)(C(=O)O)O[C@H]1C(O)[C@H](O)CNC(=O)Cc1ccc2ccccc2c1.[Na+]. The van der Waals surface area contributed by atoms with Gasteiger partial charge >= 0.3 is 41.5 Å². The van der Waals surface area contributed by atoms with Crippen molar-refractivity contribution in [2.45, 2.75) is 125 Å². The number of nitrogens with one attached hydrogen (secondary N) is 6. The predicted molar refractivity (Wildman–Crippen MR) is 339 cm³/mol. The summed E-state index contributed by atoms with van der Waals surface area (Å²) in [5.41, 5.74) is 2.01. The Hall–Kier alpha value is -6.32. The van der Waals surface area contributed by atoms with Crippen LogP contribution in [-0.2, 0) is 60.6 Å². The van der Waals surface area contributed by atoms with Crippen LogP contribution < -0.4 is 61.5 Å². The first-order chi connectivity index (χ1) is 44.0. The molecule has 14 N–H and O–H groups in total. The van der Waals surface area contributed by atoms with Gasteiger partial charge in [-0.15, -0.1) is 0 Å². The van der Waals surface area contributed by atoms with E-state index in [0.29, 0.717) is 58.1 Å². The second kappa shape index (κ2) is 36.5. The van der Waals surface area contributed by atoms with Gasteiger partial charge in [-0.3, -0.25) is 28.8 Å². The zero-order valence-electron chi connectivity index (χ0n) is 51.8. The van der Waals surface area contributed by atoms with Crippen molar-refractivity contribution in [1.29, 1.82) is 0 Å². The van der Waals surface area contributed by atoms with Gasteiger partial charge in [0.2, 0.25) is 23.6 Å². The van der Waals surface area contributed by atoms with Crippen molar-refractivity contribution in [1.82, 2.24) is 31.9 Å². The molecule has 2 unspecified atom stereocenters. The fraction of sp³-hybridized carbons (Fsp3) is 0.469. The van der Waals surface area contributed by atoms with E-state index in [1.54, 1.807) is 12.1 Å². The molecule has 2 fully saturated rings. The van der Waals surface area contributed by atoms with Crippen molar-refractivity contribution in [3.63, 3.8) is 0 Å². The van der Waals surface area contributed by atoms with Gasteiger partial charge in [0.25, 0.3) is 23.4 Å². The number of aliphatic hydroxyl groups is 6. The Bertz CT molecular complexity index is 3140. The number of fused-ring (bicyclic) bond motifs is 2. The maximum Gasteiger partial charge on any atom is 1.00 e. The van der Waals surface area contributed by atoms with Gasteiger partial charge in [0.05, 0.1) is 62.6 Å². The van der Waals surface area contributed by atoms with Crippen LogP contribution in [-0.4, -0.2) is 223 Å². The van der Waals surface area contributed by atoms with Gasteiger partial charge in [0.1, 0.15) is 24.4 Å². The summed E-state index contributed by atoms with van der Waals surface area (Å²) in [6.07, 6.45) is -14.6. The van der Waals surface area contributed by atoms with E-state index in [9.17, 15) is 79.2 Å². The van der Waals surface area contributed by atoms with Gasteiger partial charge < -0.3 is 91.7 Å². The molecular formula is C64H80N6NaO20S2+. The van der Waals surface area contributed by atoms with Crippen molar-refractivity contribution >= 4 is 92.5 Å². The molecule has 2 aliphatic heterocycles. The number of aliphatic hydroxyl groups excluding tert-OH is 6. The maximum atomic E-state index is 12.9. The van der Waals surface area contributed by atoms with E-state index in [1.807, 2.05) is 72.8 Å². The summed E-state index contributed by atoms with van der Waals surface area (Å²) in [6.45, 7) is 1.52. The van der Waals surface area contributed by atoms with Crippen molar-refractivity contribution in [3.05, 3.63) is 131 Å². The molecule has 0 aromatic heterocycles. The van der Waals surface area contributed by atoms with Crippen LogP contribution in [0.4, 0.5) is 0 Å². The second-order valence-electron chi connectivity index (χ2n) is 22.4. The minimum absolute atomic E-state index is 0. The van der Waals surface area contributed by atoms with Crippen LogP contribution in [0.2, 0.25) is 0 Å². The Morgan fingerprint density at radius 2 is 0.892 bits per heavy atom. The smallest absolute Gasteiger partial charge is 0.477 e. The second-order valence-corrected chi connectivity index (χ2v) is 24.9. The zero-order chi connectivity index (χ0) is 66.5. The fourth-order valence-corrected chi connectivity index (χ4v) is 12.2. The van der Waals surface area contributed by atoms with E-state index in [2.05, 4.69) is 31.9 Å². The van der Waals surface area contributed by atoms with Crippen LogP contribution in [0.25, 0.3) is 21.5 Å². The molecule has 0 aliphatic carbocycles. The van der Waals surface area contributed by atoms with Gasteiger partial charge in [0, 0.05) is 75.5 Å². The minimum atomic E-state index is -2.48. The molecule has 26 nitrogen and oxygen atoms in total. The number of hydrogen-bond donors (Lipinski definition) is 14. The quantitative estimate of drug-likeness (QED) is 0.0153. The van der Waals surface area contributed by atoms with Gasteiger partial charge in [-0.1, -0.05) is 84.9 Å². The molecular weight excluding hydrogens is 1260 g/mol. The Kier molecular flexibility index (Phi) is 29.7. The van der Waals surface area contributed by atoms with Crippen molar-refractivity contribution in [2.24, 2.45) is 0 Å². The summed E-state index contributed by atoms with van der Waals surface area (Å²) in [5.74, 6) is -9.36. The molecule has 12 atom stereocenters. The standard InChI is InChI=1S/C64H80N6O20S2.Na/c1-37(71)69-53-47(73)33-63(61(83)84,89-57(53)55(79)49(75)35-67-51(77)31-39-13-15-41-9-3-5-11-45(41)29-39)87-23-7-25-91-27-21-65-59(81)43-17-19-44(20-18-43)60(82)66-22-28-92-26-8-24-88-64(62(85)86)34-48(74)54(70-38(2)72)58(90-64)56(80)50(76)36-68-52(78)32-40-14-16-42-10-4-6-12-46(42)30-40;/h3-6,9-20,29-30,47-50,53-58,73-76,79-80H,7-8,21-28,31-36H2,1-2H3,(H,65,81)(H,66,82)(H,67,77)(H,68,78)(H,69,71)(H,70,72)(H,83,84)(H,85,86);/q;+1/t47-,48-,49+,50+,53+,54+,55?,56?,57+,58+,63+,64+;/m0./s1. The summed E-state index contributed by atoms with van der Waals surface area (Å²) in [4.78, 5) is 101. The number of hydrogen-bond acceptors (Lipinski definition) is 20. The number of benzene rings is 5. The number of thioether (sulfide) groups is 2. The minimum Gasteiger partial charge on any atom is -0.477 e. The number of carboxylic acids is 2. The largest absolute Gasteiger partial charge is 1.00 e. The van der Waals surface area contributed by atoms with E-state index in [0.717, 1.165) is 35.4 Å². The Labute approximate surface area is 567 Å². The monoisotopic (exact) mass is 1340 g/mol. The number of amides is 6. The van der Waals surface area contributed by atoms with Crippen LogP contribution in [0.3, 0.4) is 0 Å². The van der Waals surface area contributed by atoms with Crippen LogP contribution >= 0.6 is 23.5 Å². The van der Waals surface area contributed by atoms with Gasteiger partial charge in [0.15, 0.2) is 0 Å². The molecule has 2 saturated heterocycles. The van der Waals surface area contributed by atoms with Crippen molar-refractivity contribution in [2.75, 3.05) is 62.4 Å². The molecule has 0 saturated carbocycles. The molecule has 5 aromatic carbocycles. The zero-order valence-corrected chi connectivity index (χ0v) is 55.4. The molecule has 498 valence electrons. The van der Waals surface area contributed by atoms with Crippen molar-refractivity contribution in [3.8, 4) is 0 Å². The Morgan fingerprint density at radius 3 is 1.25 bits per heavy atom. The summed E-state index contributed by atoms with van der Waals surface area (Å²) in [7, 11) is 0. The molecule has 0 radical (unpaired) electrons. The molecule has 2 heterocycles. The van der Waals surface area contributed by atoms with E-state index in [1.165, 1.54) is 47.8 Å². The van der Waals surface area contributed by atoms with Gasteiger partial charge in [-0.25, -0.2) is 9.59 Å². The number of carbonyl (C=O) groups excluding carboxylic acids is 6. The number of ether oxygens (including phenoxy) is 4. The predicted octanol–water partition coefficient (Wildman–Crippen LogP) is -2.23. The van der Waals surface area contributed by atoms with E-state index in [4.69, 9.17) is 18.9 Å². The molecule has 29 heteroatoms. The first-order valence-electron chi connectivity index (χ1n) is 30.0. The van der Waals surface area contributed by atoms with Crippen LogP contribution in [0.15, 0.2) is 109 Å². The Balaban J connectivity index is 0.0000137. The normalized spacial score (nSPS) is 22.4. The summed E-state index contributed by atoms with van der Waals surface area (Å²) in [5, 5.41) is 107. The molecule has 5 aromatic rings. The van der Waals surface area contributed by atoms with E-state index >= 15 is 0 Å². The average Bonchev–Trinajstić information content (AvgIpc) is 0.780. The number of rotatable bonds is 34. The summed E-state index contributed by atoms with van der Waals surface area (Å²) < 4.78 is 23.1. The van der Waals surface area contributed by atoms with Crippen LogP contribution in [0.1, 0.15) is 71.4 Å². The first kappa shape index (κ1) is 75.7. The third-order valence-electron chi connectivity index (χ3n) is 15.4. The van der Waals surface area contributed by atoms with E-state index < -0.39 is 146 Å². The molecule has 0 bridgehead atoms. The van der Waals surface area contributed by atoms with Gasteiger partial charge in [-0.05, 0) is 81.3 Å². The average molecular weight is 1340 g/mol. The summed E-state index contributed by atoms with van der Waals surface area (Å²) in [6, 6.07) is 29.6. The fourth-order valence-electron chi connectivity index (χ4n) is 10.7. The number of aliphatic carboxylic acids is 2. The number of carboxylic acid groups (broad SMARTS) is 2. The van der Waals surface area contributed by atoms with Crippen molar-refractivity contribution < 1.29 is 128 Å². The van der Waals surface area contributed by atoms with Crippen LogP contribution in [0, 0.1) is 0 Å². The van der Waals surface area contributed by atoms with Gasteiger partial charge in [-0.2, -0.15) is 23.5 Å². The Morgan fingerprint density at radius 1 is 0.527 bits per heavy atom. The third-order valence-corrected chi connectivity index (χ3v) is 17.5. The molecule has 7 rings (SSSR count). The molecule has 6 amide bonds. The van der Waals surface area contributed by atoms with Crippen LogP contribution in [0.5, 0.6) is 0 Å². The van der Waals surface area contributed by atoms with E-state index in [-0.39, 0.29) is 68.7 Å². The topological polar surface area (TPSA) is 408 Å². The molecule has 93 heavy (non-hydrogen) atoms. The maximum absolute atomic E-state index is 12.9. The molecule has 2 aliphatic rings. The summed E-state index contributed by atoms with van der Waals surface area (Å²) >= 11 is 2.85. The third kappa shape index (κ3) is 21.9. The number of carbonyl (C=O) groups is 8. The molecule has 0 spiro atoms. The first-order valence-corrected chi connectivity index (χ1v) is 32.3.